The van der Waals surface area contributed by atoms with Gasteiger partial charge in [0, 0.05) is 38.5 Å². The number of hydrogen-bond donors (Lipinski definition) is 4. The quantitative estimate of drug-likeness (QED) is 0.338. The Kier molecular flexibility index (Phi) is 5.27. The molecule has 4 aromatic rings. The molecule has 0 aliphatic rings. The first-order valence-electron chi connectivity index (χ1n) is 9.10. The maximum absolute atomic E-state index is 14.2. The Morgan fingerprint density at radius 2 is 2.20 bits per heavy atom. The molecule has 0 aliphatic carbocycles. The number of pyridine rings is 1. The van der Waals surface area contributed by atoms with Crippen LogP contribution in [0.2, 0.25) is 0 Å². The van der Waals surface area contributed by atoms with Gasteiger partial charge < -0.3 is 20.6 Å². The van der Waals surface area contributed by atoms with Crippen LogP contribution in [0, 0.1) is 11.2 Å². The fourth-order valence-corrected chi connectivity index (χ4v) is 4.29. The van der Waals surface area contributed by atoms with Crippen LogP contribution in [-0.4, -0.2) is 43.9 Å². The third-order valence-electron chi connectivity index (χ3n) is 4.65. The molecule has 0 aliphatic heterocycles. The van der Waals surface area contributed by atoms with Gasteiger partial charge in [0.2, 0.25) is 0 Å². The van der Waals surface area contributed by atoms with E-state index in [1.807, 2.05) is 0 Å². The lowest BCUT2D eigenvalue weighted by Gasteiger charge is -2.07. The van der Waals surface area contributed by atoms with Gasteiger partial charge in [-0.25, -0.2) is 14.4 Å². The van der Waals surface area contributed by atoms with E-state index in [4.69, 9.17) is 5.41 Å². The molecule has 4 N–H and O–H groups in total. The van der Waals surface area contributed by atoms with Crippen molar-refractivity contribution in [1.82, 2.24) is 30.0 Å². The first-order chi connectivity index (χ1) is 14.5. The van der Waals surface area contributed by atoms with Crippen LogP contribution in [0.25, 0.3) is 10.3 Å². The highest BCUT2D eigenvalue weighted by Gasteiger charge is 2.23. The molecule has 0 saturated carbocycles. The van der Waals surface area contributed by atoms with Gasteiger partial charge in [0.15, 0.2) is 5.65 Å². The number of H-pyrrole nitrogens is 1. The van der Waals surface area contributed by atoms with Crippen LogP contribution in [0.3, 0.4) is 0 Å². The van der Waals surface area contributed by atoms with Gasteiger partial charge in [0.1, 0.15) is 22.3 Å². The maximum atomic E-state index is 14.2. The summed E-state index contributed by atoms with van der Waals surface area (Å²) in [6.45, 7) is 0.268. The van der Waals surface area contributed by atoms with Gasteiger partial charge in [-0.05, 0) is 18.2 Å². The molecule has 0 atom stereocenters. The van der Waals surface area contributed by atoms with Gasteiger partial charge in [0.25, 0.3) is 5.91 Å². The largest absolute Gasteiger partial charge is 0.373 e. The van der Waals surface area contributed by atoms with Crippen LogP contribution in [-0.2, 0) is 20.0 Å². The molecule has 4 heterocycles. The van der Waals surface area contributed by atoms with Crippen molar-refractivity contribution in [3.8, 4) is 0 Å². The lowest BCUT2D eigenvalue weighted by molar-refractivity contribution is 0.0942. The summed E-state index contributed by atoms with van der Waals surface area (Å²) in [5.74, 6) is -0.150. The van der Waals surface area contributed by atoms with Crippen LogP contribution < -0.4 is 10.6 Å². The Bertz CT molecular complexity index is 1230. The summed E-state index contributed by atoms with van der Waals surface area (Å²) in [5.41, 5.74) is 2.39. The van der Waals surface area contributed by atoms with Crippen molar-refractivity contribution in [3.05, 3.63) is 57.9 Å². The number of aromatic amines is 1. The number of anilines is 1. The number of hydrogen-bond acceptors (Lipinski definition) is 7. The molecule has 30 heavy (non-hydrogen) atoms. The SMILES string of the molecule is CNc1ccc(F)c(Cc2nc3c(s2)c(C=N)c(C(=O)NCc2cc[nH]n2)n3C)n1. The third kappa shape index (κ3) is 3.54. The van der Waals surface area contributed by atoms with E-state index >= 15 is 0 Å². The standard InChI is InChI=1S/C19H19FN8OS/c1-22-14-4-3-12(20)13(25-14)7-15-26-18-17(30-15)11(8-21)16(28(18)2)19(29)23-9-10-5-6-24-27-10/h3-6,8,21H,7,9H2,1-2H3,(H,22,25)(H,23,29)(H,24,27). The van der Waals surface area contributed by atoms with Gasteiger partial charge in [0.05, 0.1) is 22.6 Å². The molecule has 4 aromatic heterocycles. The fraction of sp³-hybridized carbons (Fsp3) is 0.211. The summed E-state index contributed by atoms with van der Waals surface area (Å²) in [6, 6.07) is 4.70. The van der Waals surface area contributed by atoms with Gasteiger partial charge in [-0.15, -0.1) is 11.3 Å². The van der Waals surface area contributed by atoms with E-state index in [1.165, 1.54) is 17.4 Å². The fourth-order valence-electron chi connectivity index (χ4n) is 3.17. The van der Waals surface area contributed by atoms with Crippen molar-refractivity contribution < 1.29 is 9.18 Å². The van der Waals surface area contributed by atoms with Crippen LogP contribution in [0.1, 0.15) is 32.4 Å². The van der Waals surface area contributed by atoms with E-state index < -0.39 is 5.82 Å². The number of amides is 1. The molecule has 154 valence electrons. The zero-order valence-electron chi connectivity index (χ0n) is 16.3. The molecule has 4 rings (SSSR count). The average molecular weight is 426 g/mol. The number of fused-ring (bicyclic) bond motifs is 1. The molecule has 0 bridgehead atoms. The van der Waals surface area contributed by atoms with E-state index in [1.54, 1.807) is 37.0 Å². The molecular formula is C19H19FN8OS. The van der Waals surface area contributed by atoms with Gasteiger partial charge >= 0.3 is 0 Å². The minimum Gasteiger partial charge on any atom is -0.373 e. The summed E-state index contributed by atoms with van der Waals surface area (Å²) in [7, 11) is 3.44. The number of thiazole rings is 1. The second-order valence-corrected chi connectivity index (χ2v) is 7.61. The van der Waals surface area contributed by atoms with E-state index in [-0.39, 0.29) is 24.6 Å². The number of rotatable bonds is 7. The second kappa shape index (κ2) is 8.03. The molecule has 1 amide bonds. The summed E-state index contributed by atoms with van der Waals surface area (Å²) in [5, 5.41) is 20.9. The lowest BCUT2D eigenvalue weighted by atomic mass is 10.2. The number of aryl methyl sites for hydroxylation is 1. The zero-order valence-corrected chi connectivity index (χ0v) is 17.1. The van der Waals surface area contributed by atoms with Crippen molar-refractivity contribution in [2.75, 3.05) is 12.4 Å². The van der Waals surface area contributed by atoms with Crippen molar-refractivity contribution in [2.45, 2.75) is 13.0 Å². The first kappa shape index (κ1) is 19.7. The summed E-state index contributed by atoms with van der Waals surface area (Å²) >= 11 is 1.33. The predicted octanol–water partition coefficient (Wildman–Crippen LogP) is 2.45. The molecule has 0 spiro atoms. The van der Waals surface area contributed by atoms with E-state index in [2.05, 4.69) is 30.8 Å². The normalized spacial score (nSPS) is 11.0. The van der Waals surface area contributed by atoms with E-state index in [0.29, 0.717) is 38.1 Å². The van der Waals surface area contributed by atoms with E-state index in [0.717, 1.165) is 6.21 Å². The topological polar surface area (TPSA) is 124 Å². The summed E-state index contributed by atoms with van der Waals surface area (Å²) in [6.07, 6.45) is 3.05. The van der Waals surface area contributed by atoms with Gasteiger partial charge in [-0.2, -0.15) is 5.10 Å². The Hall–Kier alpha value is -3.60. The number of nitrogens with zero attached hydrogens (tertiary/aromatic N) is 4. The van der Waals surface area contributed by atoms with Crippen molar-refractivity contribution in [3.63, 3.8) is 0 Å². The maximum Gasteiger partial charge on any atom is 0.269 e. The Morgan fingerprint density at radius 3 is 2.90 bits per heavy atom. The number of aromatic nitrogens is 5. The third-order valence-corrected chi connectivity index (χ3v) is 5.73. The van der Waals surface area contributed by atoms with Crippen LogP contribution in [0.15, 0.2) is 24.4 Å². The summed E-state index contributed by atoms with van der Waals surface area (Å²) < 4.78 is 16.5. The minimum absolute atomic E-state index is 0.221. The molecule has 0 aromatic carbocycles. The van der Waals surface area contributed by atoms with E-state index in [9.17, 15) is 9.18 Å². The van der Waals surface area contributed by atoms with Gasteiger partial charge in [-0.3, -0.25) is 9.89 Å². The van der Waals surface area contributed by atoms with Gasteiger partial charge in [-0.1, -0.05) is 0 Å². The molecular weight excluding hydrogens is 407 g/mol. The zero-order chi connectivity index (χ0) is 21.3. The molecule has 11 heteroatoms. The molecule has 0 fully saturated rings. The highest BCUT2D eigenvalue weighted by Crippen LogP contribution is 2.31. The Balaban J connectivity index is 1.64. The number of nitrogens with one attached hydrogen (secondary N) is 4. The van der Waals surface area contributed by atoms with Crippen molar-refractivity contribution in [1.29, 1.82) is 5.41 Å². The molecule has 0 saturated heterocycles. The van der Waals surface area contributed by atoms with Crippen molar-refractivity contribution >= 4 is 39.6 Å². The monoisotopic (exact) mass is 426 g/mol. The van der Waals surface area contributed by atoms with Crippen LogP contribution in [0.5, 0.6) is 0 Å². The molecule has 0 radical (unpaired) electrons. The highest BCUT2D eigenvalue weighted by molar-refractivity contribution is 7.19. The van der Waals surface area contributed by atoms with Crippen molar-refractivity contribution in [2.24, 2.45) is 7.05 Å². The first-order valence-corrected chi connectivity index (χ1v) is 9.92. The number of halogens is 1. The number of carbonyl (C=O) groups excluding carboxylic acids is 1. The van der Waals surface area contributed by atoms with Crippen LogP contribution in [0.4, 0.5) is 10.2 Å². The Labute approximate surface area is 174 Å². The molecule has 9 nitrogen and oxygen atoms in total. The predicted molar refractivity (Wildman–Crippen MR) is 113 cm³/mol. The number of carbonyl (C=O) groups is 1. The van der Waals surface area contributed by atoms with Crippen LogP contribution >= 0.6 is 11.3 Å². The smallest absolute Gasteiger partial charge is 0.269 e. The minimum atomic E-state index is -0.404. The lowest BCUT2D eigenvalue weighted by Crippen LogP contribution is -2.26. The highest BCUT2D eigenvalue weighted by atomic mass is 32.1. The average Bonchev–Trinajstić information content (AvgIpc) is 3.45. The molecule has 0 unspecified atom stereocenters. The summed E-state index contributed by atoms with van der Waals surface area (Å²) in [4.78, 5) is 21.6. The second-order valence-electron chi connectivity index (χ2n) is 6.53. The Morgan fingerprint density at radius 1 is 1.37 bits per heavy atom.